The standard InChI is InChI=1S/C28H23N2O4/c1-31-24-8-7-20-22(11-17-3-5-18(14-29)6-4-17)27-21-13-26-25(33-16-34-26)12-19(21)9-10-30(27)15-23(20)28(24)32-2/h3-8,12-13,15H,9-11,16H2,1-2H3/q+1. The van der Waals surface area contributed by atoms with Gasteiger partial charge < -0.3 is 18.9 Å². The van der Waals surface area contributed by atoms with Gasteiger partial charge in [0.25, 0.3) is 0 Å². The summed E-state index contributed by atoms with van der Waals surface area (Å²) in [5, 5.41) is 11.3. The van der Waals surface area contributed by atoms with Crippen LogP contribution in [0.4, 0.5) is 0 Å². The minimum atomic E-state index is 0.255. The summed E-state index contributed by atoms with van der Waals surface area (Å²) in [5.74, 6) is 3.03. The molecule has 0 saturated carbocycles. The van der Waals surface area contributed by atoms with Crippen LogP contribution in [0.15, 0.2) is 54.7 Å². The largest absolute Gasteiger partial charge is 0.493 e. The Bertz CT molecular complexity index is 1490. The van der Waals surface area contributed by atoms with Crippen LogP contribution >= 0.6 is 0 Å². The van der Waals surface area contributed by atoms with E-state index in [1.165, 1.54) is 16.8 Å². The zero-order valence-electron chi connectivity index (χ0n) is 19.1. The van der Waals surface area contributed by atoms with Gasteiger partial charge in [-0.3, -0.25) is 0 Å². The highest BCUT2D eigenvalue weighted by atomic mass is 16.7. The minimum absolute atomic E-state index is 0.255. The summed E-state index contributed by atoms with van der Waals surface area (Å²) in [5.41, 5.74) is 6.58. The molecule has 2 aliphatic heterocycles. The van der Waals surface area contributed by atoms with Crippen LogP contribution in [0.5, 0.6) is 23.0 Å². The average Bonchev–Trinajstić information content (AvgIpc) is 3.34. The summed E-state index contributed by atoms with van der Waals surface area (Å²) in [6.45, 7) is 1.10. The molecule has 1 aromatic heterocycles. The smallest absolute Gasteiger partial charge is 0.231 e. The van der Waals surface area contributed by atoms with E-state index in [9.17, 15) is 5.26 Å². The van der Waals surface area contributed by atoms with Gasteiger partial charge in [0.2, 0.25) is 12.5 Å². The number of fused-ring (bicyclic) bond motifs is 5. The molecule has 0 fully saturated rings. The Morgan fingerprint density at radius 2 is 1.76 bits per heavy atom. The highest BCUT2D eigenvalue weighted by Crippen LogP contribution is 2.44. The van der Waals surface area contributed by atoms with E-state index < -0.39 is 0 Å². The van der Waals surface area contributed by atoms with Crippen LogP contribution in [0.1, 0.15) is 22.3 Å². The van der Waals surface area contributed by atoms with Crippen molar-refractivity contribution in [2.45, 2.75) is 19.4 Å². The van der Waals surface area contributed by atoms with Gasteiger partial charge in [-0.2, -0.15) is 9.83 Å². The Morgan fingerprint density at radius 3 is 2.50 bits per heavy atom. The molecular formula is C28H23N2O4+. The van der Waals surface area contributed by atoms with Gasteiger partial charge in [-0.25, -0.2) is 0 Å². The first-order valence-corrected chi connectivity index (χ1v) is 11.2. The summed E-state index contributed by atoms with van der Waals surface area (Å²) < 4.78 is 25.1. The zero-order valence-corrected chi connectivity index (χ0v) is 19.1. The zero-order chi connectivity index (χ0) is 23.2. The summed E-state index contributed by atoms with van der Waals surface area (Å²) in [6, 6.07) is 18.3. The van der Waals surface area contributed by atoms with Gasteiger partial charge in [-0.05, 0) is 47.5 Å². The highest BCUT2D eigenvalue weighted by molar-refractivity contribution is 5.95. The number of ether oxygens (including phenoxy) is 4. The maximum Gasteiger partial charge on any atom is 0.231 e. The number of pyridine rings is 1. The minimum Gasteiger partial charge on any atom is -0.493 e. The topological polar surface area (TPSA) is 64.6 Å². The fourth-order valence-corrected chi connectivity index (χ4v) is 5.09. The van der Waals surface area contributed by atoms with E-state index in [1.54, 1.807) is 14.2 Å². The second-order valence-electron chi connectivity index (χ2n) is 8.51. The van der Waals surface area contributed by atoms with Crippen LogP contribution in [-0.4, -0.2) is 21.0 Å². The van der Waals surface area contributed by atoms with Crippen LogP contribution in [0.25, 0.3) is 22.0 Å². The van der Waals surface area contributed by atoms with Gasteiger partial charge in [0.1, 0.15) is 0 Å². The number of rotatable bonds is 4. The molecular weight excluding hydrogens is 428 g/mol. The quantitative estimate of drug-likeness (QED) is 0.426. The molecule has 0 radical (unpaired) electrons. The lowest BCUT2D eigenvalue weighted by Gasteiger charge is -2.21. The third kappa shape index (κ3) is 3.12. The van der Waals surface area contributed by atoms with Crippen molar-refractivity contribution < 1.29 is 23.5 Å². The number of nitrogens with zero attached hydrogens (tertiary/aromatic N) is 2. The lowest BCUT2D eigenvalue weighted by Crippen LogP contribution is -2.41. The highest BCUT2D eigenvalue weighted by Gasteiger charge is 2.32. The van der Waals surface area contributed by atoms with Crippen molar-refractivity contribution in [3.63, 3.8) is 0 Å². The number of benzene rings is 3. The molecule has 0 amide bonds. The lowest BCUT2D eigenvalue weighted by molar-refractivity contribution is -0.686. The SMILES string of the molecule is COc1ccc2c(Cc3ccc(C#N)cc3)c3[n+](cc2c1OC)CCc1cc2c(cc1-3)OCO2. The van der Waals surface area contributed by atoms with E-state index in [1.807, 2.05) is 30.3 Å². The second-order valence-corrected chi connectivity index (χ2v) is 8.51. The van der Waals surface area contributed by atoms with Crippen molar-refractivity contribution in [3.8, 4) is 40.3 Å². The van der Waals surface area contributed by atoms with Gasteiger partial charge in [0, 0.05) is 23.8 Å². The van der Waals surface area contributed by atoms with Gasteiger partial charge >= 0.3 is 0 Å². The molecule has 0 spiro atoms. The Labute approximate surface area is 197 Å². The maximum atomic E-state index is 9.21. The summed E-state index contributed by atoms with van der Waals surface area (Å²) in [6.07, 6.45) is 3.78. The second kappa shape index (κ2) is 7.96. The average molecular weight is 452 g/mol. The fraction of sp³-hybridized carbons (Fsp3) is 0.214. The van der Waals surface area contributed by atoms with Crippen LogP contribution in [0.3, 0.4) is 0 Å². The normalized spacial score (nSPS) is 13.2. The van der Waals surface area contributed by atoms with E-state index in [0.717, 1.165) is 52.1 Å². The molecule has 4 aromatic rings. The monoisotopic (exact) mass is 451 g/mol. The molecule has 6 nitrogen and oxygen atoms in total. The first-order chi connectivity index (χ1) is 16.7. The number of methoxy groups -OCH3 is 2. The lowest BCUT2D eigenvalue weighted by atomic mass is 9.88. The molecule has 6 heteroatoms. The molecule has 0 atom stereocenters. The molecule has 6 rings (SSSR count). The van der Waals surface area contributed by atoms with Crippen molar-refractivity contribution in [1.29, 1.82) is 5.26 Å². The van der Waals surface area contributed by atoms with Gasteiger partial charge in [0.05, 0.1) is 36.8 Å². The van der Waals surface area contributed by atoms with Crippen molar-refractivity contribution in [2.75, 3.05) is 21.0 Å². The number of hydrogen-bond acceptors (Lipinski definition) is 5. The van der Waals surface area contributed by atoms with Gasteiger partial charge in [-0.15, -0.1) is 0 Å². The Balaban J connectivity index is 1.63. The van der Waals surface area contributed by atoms with Crippen molar-refractivity contribution >= 4 is 10.8 Å². The van der Waals surface area contributed by atoms with E-state index in [4.69, 9.17) is 18.9 Å². The van der Waals surface area contributed by atoms with Crippen molar-refractivity contribution in [1.82, 2.24) is 0 Å². The van der Waals surface area contributed by atoms with Crippen molar-refractivity contribution in [2.24, 2.45) is 0 Å². The molecule has 3 aromatic carbocycles. The Morgan fingerprint density at radius 1 is 0.971 bits per heavy atom. The molecule has 34 heavy (non-hydrogen) atoms. The molecule has 2 aliphatic rings. The molecule has 0 saturated heterocycles. The molecule has 0 bridgehead atoms. The van der Waals surface area contributed by atoms with Crippen molar-refractivity contribution in [3.05, 3.63) is 77.0 Å². The maximum absolute atomic E-state index is 9.21. The Kier molecular flexibility index (Phi) is 4.77. The van der Waals surface area contributed by atoms with E-state index in [-0.39, 0.29) is 6.79 Å². The molecule has 168 valence electrons. The molecule has 3 heterocycles. The number of aryl methyl sites for hydroxylation is 2. The van der Waals surface area contributed by atoms with Crippen LogP contribution in [0, 0.1) is 11.3 Å². The van der Waals surface area contributed by atoms with Gasteiger partial charge in [-0.1, -0.05) is 12.1 Å². The number of hydrogen-bond donors (Lipinski definition) is 0. The van der Waals surface area contributed by atoms with Crippen LogP contribution in [0.2, 0.25) is 0 Å². The van der Waals surface area contributed by atoms with E-state index in [2.05, 4.69) is 35.0 Å². The predicted molar refractivity (Wildman–Crippen MR) is 126 cm³/mol. The predicted octanol–water partition coefficient (Wildman–Crippen LogP) is 4.56. The summed E-state index contributed by atoms with van der Waals surface area (Å²) in [4.78, 5) is 0. The Hall–Kier alpha value is -4.24. The van der Waals surface area contributed by atoms with Gasteiger partial charge in [0.15, 0.2) is 35.7 Å². The number of aromatic nitrogens is 1. The first kappa shape index (κ1) is 20.4. The number of nitriles is 1. The molecule has 0 aliphatic carbocycles. The third-order valence-electron chi connectivity index (χ3n) is 6.71. The van der Waals surface area contributed by atoms with E-state index >= 15 is 0 Å². The molecule has 0 unspecified atom stereocenters. The summed E-state index contributed by atoms with van der Waals surface area (Å²) >= 11 is 0. The van der Waals surface area contributed by atoms with E-state index in [0.29, 0.717) is 17.7 Å². The van der Waals surface area contributed by atoms with Crippen LogP contribution < -0.4 is 23.5 Å². The third-order valence-corrected chi connectivity index (χ3v) is 6.71. The van der Waals surface area contributed by atoms with Crippen LogP contribution in [-0.2, 0) is 19.4 Å². The fourth-order valence-electron chi connectivity index (χ4n) is 5.09. The first-order valence-electron chi connectivity index (χ1n) is 11.2. The molecule has 0 N–H and O–H groups in total. The summed E-state index contributed by atoms with van der Waals surface area (Å²) in [7, 11) is 3.34.